The second-order valence-corrected chi connectivity index (χ2v) is 7.02. The van der Waals surface area contributed by atoms with Crippen LogP contribution in [0, 0.1) is 19.8 Å². The number of carbonyl (C=O) groups excluding carboxylic acids is 2. The van der Waals surface area contributed by atoms with Crippen LogP contribution < -0.4 is 0 Å². The number of rotatable bonds is 3. The van der Waals surface area contributed by atoms with Crippen LogP contribution in [0.2, 0.25) is 0 Å². The summed E-state index contributed by atoms with van der Waals surface area (Å²) >= 11 is 0. The van der Waals surface area contributed by atoms with Crippen LogP contribution in [0.15, 0.2) is 4.52 Å². The zero-order chi connectivity index (χ0) is 17.1. The average Bonchev–Trinajstić information content (AvgIpc) is 2.94. The molecule has 1 aliphatic heterocycles. The number of hydrogen-bond acceptors (Lipinski definition) is 4. The summed E-state index contributed by atoms with van der Waals surface area (Å²) in [5.41, 5.74) is 1.67. The van der Waals surface area contributed by atoms with Crippen molar-refractivity contribution in [3.63, 3.8) is 0 Å². The highest BCUT2D eigenvalue weighted by Gasteiger charge is 2.30. The third kappa shape index (κ3) is 3.62. The molecule has 2 fully saturated rings. The molecule has 1 saturated heterocycles. The molecule has 2 heterocycles. The van der Waals surface area contributed by atoms with Gasteiger partial charge in [-0.25, -0.2) is 0 Å². The van der Waals surface area contributed by atoms with Gasteiger partial charge in [-0.15, -0.1) is 0 Å². The lowest BCUT2D eigenvalue weighted by molar-refractivity contribution is -0.142. The number of amides is 2. The van der Waals surface area contributed by atoms with Crippen LogP contribution >= 0.6 is 0 Å². The van der Waals surface area contributed by atoms with Crippen molar-refractivity contribution >= 4 is 11.8 Å². The van der Waals surface area contributed by atoms with Gasteiger partial charge in [0, 0.05) is 37.7 Å². The van der Waals surface area contributed by atoms with Gasteiger partial charge >= 0.3 is 0 Å². The van der Waals surface area contributed by atoms with Gasteiger partial charge in [-0.1, -0.05) is 24.4 Å². The molecule has 0 atom stereocenters. The Morgan fingerprint density at radius 1 is 1.04 bits per heavy atom. The third-order valence-corrected chi connectivity index (χ3v) is 5.41. The largest absolute Gasteiger partial charge is 0.361 e. The molecule has 0 aromatic carbocycles. The number of carbonyl (C=O) groups is 2. The second-order valence-electron chi connectivity index (χ2n) is 7.02. The van der Waals surface area contributed by atoms with Gasteiger partial charge in [0.25, 0.3) is 0 Å². The number of aryl methyl sites for hydroxylation is 2. The Labute approximate surface area is 143 Å². The maximum atomic E-state index is 12.6. The summed E-state index contributed by atoms with van der Waals surface area (Å²) in [6.07, 6.45) is 6.00. The summed E-state index contributed by atoms with van der Waals surface area (Å²) in [5.74, 6) is 1.32. The van der Waals surface area contributed by atoms with E-state index in [1.807, 2.05) is 23.6 Å². The highest BCUT2D eigenvalue weighted by Crippen LogP contribution is 2.26. The first-order valence-electron chi connectivity index (χ1n) is 9.04. The maximum absolute atomic E-state index is 12.6. The predicted molar refractivity (Wildman–Crippen MR) is 89.4 cm³/mol. The molecule has 1 aromatic heterocycles. The fraction of sp³-hybridized carbons (Fsp3) is 0.722. The maximum Gasteiger partial charge on any atom is 0.227 e. The van der Waals surface area contributed by atoms with E-state index in [-0.39, 0.29) is 11.8 Å². The minimum Gasteiger partial charge on any atom is -0.361 e. The molecule has 1 aliphatic carbocycles. The van der Waals surface area contributed by atoms with Gasteiger partial charge in [-0.3, -0.25) is 9.59 Å². The first-order chi connectivity index (χ1) is 11.6. The normalized spacial score (nSPS) is 19.6. The molecule has 6 heteroatoms. The SMILES string of the molecule is Cc1noc(C)c1CC(=O)N1CCN(C(=O)C2CCCCC2)CC1. The quantitative estimate of drug-likeness (QED) is 0.849. The second kappa shape index (κ2) is 7.36. The van der Waals surface area contributed by atoms with Crippen LogP contribution in [0.3, 0.4) is 0 Å². The van der Waals surface area contributed by atoms with Gasteiger partial charge in [-0.2, -0.15) is 0 Å². The van der Waals surface area contributed by atoms with E-state index in [4.69, 9.17) is 4.52 Å². The number of piperazine rings is 1. The van der Waals surface area contributed by atoms with Crippen LogP contribution in [-0.2, 0) is 16.0 Å². The molecule has 132 valence electrons. The smallest absolute Gasteiger partial charge is 0.227 e. The summed E-state index contributed by atoms with van der Waals surface area (Å²) in [5, 5.41) is 3.90. The molecular formula is C18H27N3O3. The van der Waals surface area contributed by atoms with Crippen LogP contribution in [0.25, 0.3) is 0 Å². The lowest BCUT2D eigenvalue weighted by Crippen LogP contribution is -2.52. The highest BCUT2D eigenvalue weighted by atomic mass is 16.5. The average molecular weight is 333 g/mol. The lowest BCUT2D eigenvalue weighted by atomic mass is 9.88. The molecule has 0 unspecified atom stereocenters. The zero-order valence-corrected chi connectivity index (χ0v) is 14.7. The third-order valence-electron chi connectivity index (χ3n) is 5.41. The molecule has 0 spiro atoms. The molecule has 24 heavy (non-hydrogen) atoms. The zero-order valence-electron chi connectivity index (χ0n) is 14.7. The van der Waals surface area contributed by atoms with Gasteiger partial charge in [0.2, 0.25) is 11.8 Å². The van der Waals surface area contributed by atoms with Crippen LogP contribution in [0.1, 0.15) is 49.1 Å². The summed E-state index contributed by atoms with van der Waals surface area (Å²) in [7, 11) is 0. The highest BCUT2D eigenvalue weighted by molar-refractivity contribution is 5.81. The van der Waals surface area contributed by atoms with Crippen LogP contribution in [-0.4, -0.2) is 52.9 Å². The Morgan fingerprint density at radius 2 is 1.67 bits per heavy atom. The van der Waals surface area contributed by atoms with Crippen molar-refractivity contribution in [3.8, 4) is 0 Å². The molecule has 0 radical (unpaired) electrons. The summed E-state index contributed by atoms with van der Waals surface area (Å²) in [4.78, 5) is 28.9. The van der Waals surface area contributed by atoms with E-state index in [0.29, 0.717) is 44.3 Å². The van der Waals surface area contributed by atoms with Crippen molar-refractivity contribution in [1.82, 2.24) is 15.0 Å². The Kier molecular flexibility index (Phi) is 5.21. The molecule has 1 aromatic rings. The minimum absolute atomic E-state index is 0.0918. The van der Waals surface area contributed by atoms with E-state index in [1.165, 1.54) is 19.3 Å². The molecule has 1 saturated carbocycles. The Morgan fingerprint density at radius 3 is 2.25 bits per heavy atom. The molecular weight excluding hydrogens is 306 g/mol. The molecule has 2 aliphatic rings. The van der Waals surface area contributed by atoms with E-state index in [9.17, 15) is 9.59 Å². The van der Waals surface area contributed by atoms with Crippen molar-refractivity contribution in [2.24, 2.45) is 5.92 Å². The van der Waals surface area contributed by atoms with Crippen molar-refractivity contribution < 1.29 is 14.1 Å². The van der Waals surface area contributed by atoms with Gasteiger partial charge in [-0.05, 0) is 26.7 Å². The Balaban J connectivity index is 1.51. The minimum atomic E-state index is 0.0918. The van der Waals surface area contributed by atoms with Crippen LogP contribution in [0.5, 0.6) is 0 Å². The van der Waals surface area contributed by atoms with Crippen molar-refractivity contribution in [2.75, 3.05) is 26.2 Å². The van der Waals surface area contributed by atoms with Crippen molar-refractivity contribution in [2.45, 2.75) is 52.4 Å². The number of nitrogens with zero attached hydrogens (tertiary/aromatic N) is 3. The summed E-state index contributed by atoms with van der Waals surface area (Å²) in [6.45, 7) is 6.26. The van der Waals surface area contributed by atoms with E-state index < -0.39 is 0 Å². The van der Waals surface area contributed by atoms with E-state index in [2.05, 4.69) is 5.16 Å². The fourth-order valence-corrected chi connectivity index (χ4v) is 3.80. The molecule has 0 N–H and O–H groups in total. The fourth-order valence-electron chi connectivity index (χ4n) is 3.80. The number of hydrogen-bond donors (Lipinski definition) is 0. The van der Waals surface area contributed by atoms with Crippen molar-refractivity contribution in [1.29, 1.82) is 0 Å². The van der Waals surface area contributed by atoms with Gasteiger partial charge in [0.1, 0.15) is 5.76 Å². The lowest BCUT2D eigenvalue weighted by Gasteiger charge is -2.37. The Hall–Kier alpha value is -1.85. The molecule has 0 bridgehead atoms. The van der Waals surface area contributed by atoms with Gasteiger partial charge in [0.15, 0.2) is 0 Å². The Bertz CT molecular complexity index is 577. The first-order valence-corrected chi connectivity index (χ1v) is 9.04. The molecule has 3 rings (SSSR count). The first kappa shape index (κ1) is 17.0. The molecule has 6 nitrogen and oxygen atoms in total. The topological polar surface area (TPSA) is 66.7 Å². The van der Waals surface area contributed by atoms with Gasteiger partial charge < -0.3 is 14.3 Å². The van der Waals surface area contributed by atoms with E-state index >= 15 is 0 Å². The van der Waals surface area contributed by atoms with Crippen LogP contribution in [0.4, 0.5) is 0 Å². The number of aromatic nitrogens is 1. The van der Waals surface area contributed by atoms with Crippen molar-refractivity contribution in [3.05, 3.63) is 17.0 Å². The summed E-state index contributed by atoms with van der Waals surface area (Å²) in [6, 6.07) is 0. The summed E-state index contributed by atoms with van der Waals surface area (Å²) < 4.78 is 5.13. The van der Waals surface area contributed by atoms with E-state index in [1.54, 1.807) is 0 Å². The standard InChI is InChI=1S/C18H27N3O3/c1-13-16(14(2)24-19-13)12-17(22)20-8-10-21(11-9-20)18(23)15-6-4-3-5-7-15/h15H,3-12H2,1-2H3. The monoisotopic (exact) mass is 333 g/mol. The predicted octanol–water partition coefficient (Wildman–Crippen LogP) is 2.09. The van der Waals surface area contributed by atoms with Gasteiger partial charge in [0.05, 0.1) is 12.1 Å². The molecule has 2 amide bonds. The van der Waals surface area contributed by atoms with E-state index in [0.717, 1.165) is 24.1 Å².